The normalized spacial score (nSPS) is 10.6. The maximum atomic E-state index is 10.7. The Morgan fingerprint density at radius 1 is 1.56 bits per heavy atom. The minimum Gasteiger partial charge on any atom is -0.368 e. The van der Waals surface area contributed by atoms with Gasteiger partial charge in [0, 0.05) is 21.5 Å². The van der Waals surface area contributed by atoms with Crippen molar-refractivity contribution in [1.82, 2.24) is 9.78 Å². The molecule has 2 heterocycles. The second kappa shape index (κ2) is 4.49. The third-order valence-electron chi connectivity index (χ3n) is 2.25. The van der Waals surface area contributed by atoms with Gasteiger partial charge in [-0.15, -0.1) is 11.3 Å². The van der Waals surface area contributed by atoms with E-state index in [0.717, 1.165) is 12.0 Å². The minimum atomic E-state index is -0.380. The zero-order valence-electron chi connectivity index (χ0n) is 9.01. The molecule has 0 saturated heterocycles. The third-order valence-corrected chi connectivity index (χ3v) is 3.52. The van der Waals surface area contributed by atoms with Crippen LogP contribution in [0, 0.1) is 0 Å². The van der Waals surface area contributed by atoms with Crippen LogP contribution in [-0.4, -0.2) is 15.7 Å². The van der Waals surface area contributed by atoms with Gasteiger partial charge in [0.2, 0.25) is 5.91 Å². The van der Waals surface area contributed by atoms with E-state index in [4.69, 9.17) is 5.73 Å². The van der Waals surface area contributed by atoms with Gasteiger partial charge in [-0.05, 0) is 18.6 Å². The van der Waals surface area contributed by atoms with E-state index in [2.05, 4.69) is 24.2 Å². The lowest BCUT2D eigenvalue weighted by atomic mass is 10.3. The van der Waals surface area contributed by atoms with Crippen molar-refractivity contribution in [1.29, 1.82) is 0 Å². The Hall–Kier alpha value is -1.62. The summed E-state index contributed by atoms with van der Waals surface area (Å²) in [4.78, 5) is 13.2. The summed E-state index contributed by atoms with van der Waals surface area (Å²) in [7, 11) is 0. The van der Waals surface area contributed by atoms with Crippen LogP contribution in [0.4, 0.5) is 0 Å². The SMILES string of the molecule is CCc1ccc(-c2cnn(CC(N)=O)c2)s1. The maximum absolute atomic E-state index is 10.7. The molecule has 2 rings (SSSR count). The molecule has 2 aromatic rings. The van der Waals surface area contributed by atoms with Gasteiger partial charge in [0.05, 0.1) is 6.20 Å². The summed E-state index contributed by atoms with van der Waals surface area (Å²) >= 11 is 1.75. The van der Waals surface area contributed by atoms with Gasteiger partial charge in [-0.2, -0.15) is 5.10 Å². The Kier molecular flexibility index (Phi) is 3.05. The zero-order valence-corrected chi connectivity index (χ0v) is 9.83. The molecule has 2 aromatic heterocycles. The number of aryl methyl sites for hydroxylation is 1. The minimum absolute atomic E-state index is 0.131. The number of hydrogen-bond acceptors (Lipinski definition) is 3. The number of nitrogens with zero attached hydrogens (tertiary/aromatic N) is 2. The Morgan fingerprint density at radius 3 is 3.00 bits per heavy atom. The lowest BCUT2D eigenvalue weighted by Crippen LogP contribution is -2.18. The van der Waals surface area contributed by atoms with E-state index in [-0.39, 0.29) is 12.5 Å². The van der Waals surface area contributed by atoms with Gasteiger partial charge in [-0.25, -0.2) is 0 Å². The molecule has 0 aliphatic heterocycles. The van der Waals surface area contributed by atoms with Crippen LogP contribution in [0.2, 0.25) is 0 Å². The molecular formula is C11H13N3OS. The van der Waals surface area contributed by atoms with Crippen LogP contribution in [0.5, 0.6) is 0 Å². The van der Waals surface area contributed by atoms with Gasteiger partial charge >= 0.3 is 0 Å². The second-order valence-corrected chi connectivity index (χ2v) is 4.68. The van der Waals surface area contributed by atoms with E-state index in [0.29, 0.717) is 0 Å². The fourth-order valence-corrected chi connectivity index (χ4v) is 2.38. The molecule has 0 atom stereocenters. The van der Waals surface area contributed by atoms with Crippen LogP contribution in [0.15, 0.2) is 24.5 Å². The molecule has 0 aliphatic rings. The van der Waals surface area contributed by atoms with Crippen LogP contribution in [0.25, 0.3) is 10.4 Å². The molecule has 4 nitrogen and oxygen atoms in total. The average Bonchev–Trinajstić information content (AvgIpc) is 2.83. The Bertz CT molecular complexity index is 501. The molecular weight excluding hydrogens is 222 g/mol. The zero-order chi connectivity index (χ0) is 11.5. The highest BCUT2D eigenvalue weighted by Crippen LogP contribution is 2.27. The van der Waals surface area contributed by atoms with Crippen molar-refractivity contribution in [3.8, 4) is 10.4 Å². The molecule has 2 N–H and O–H groups in total. The van der Waals surface area contributed by atoms with E-state index in [9.17, 15) is 4.79 Å². The van der Waals surface area contributed by atoms with Gasteiger partial charge < -0.3 is 5.73 Å². The Labute approximate surface area is 97.7 Å². The number of amides is 1. The fraction of sp³-hybridized carbons (Fsp3) is 0.273. The summed E-state index contributed by atoms with van der Waals surface area (Å²) in [5.41, 5.74) is 6.13. The number of carbonyl (C=O) groups excluding carboxylic acids is 1. The monoisotopic (exact) mass is 235 g/mol. The molecule has 0 aromatic carbocycles. The second-order valence-electron chi connectivity index (χ2n) is 3.51. The molecule has 0 spiro atoms. The number of aromatic nitrogens is 2. The predicted molar refractivity (Wildman–Crippen MR) is 64.1 cm³/mol. The fourth-order valence-electron chi connectivity index (χ4n) is 1.46. The molecule has 0 fully saturated rings. The van der Waals surface area contributed by atoms with Gasteiger partial charge in [-0.3, -0.25) is 9.48 Å². The summed E-state index contributed by atoms with van der Waals surface area (Å²) in [5, 5.41) is 4.09. The van der Waals surface area contributed by atoms with Crippen molar-refractivity contribution in [2.75, 3.05) is 0 Å². The highest BCUT2D eigenvalue weighted by molar-refractivity contribution is 7.15. The van der Waals surface area contributed by atoms with Crippen LogP contribution >= 0.6 is 11.3 Å². The van der Waals surface area contributed by atoms with Crippen molar-refractivity contribution in [2.45, 2.75) is 19.9 Å². The summed E-state index contributed by atoms with van der Waals surface area (Å²) in [6, 6.07) is 4.19. The van der Waals surface area contributed by atoms with Crippen molar-refractivity contribution >= 4 is 17.2 Å². The predicted octanol–water partition coefficient (Wildman–Crippen LogP) is 1.66. The molecule has 5 heteroatoms. The van der Waals surface area contributed by atoms with Crippen LogP contribution in [-0.2, 0) is 17.8 Å². The molecule has 84 valence electrons. The molecule has 0 radical (unpaired) electrons. The van der Waals surface area contributed by atoms with Gasteiger partial charge in [-0.1, -0.05) is 6.92 Å². The first-order valence-electron chi connectivity index (χ1n) is 5.09. The summed E-state index contributed by atoms with van der Waals surface area (Å²) < 4.78 is 1.56. The van der Waals surface area contributed by atoms with E-state index in [1.807, 2.05) is 6.20 Å². The standard InChI is InChI=1S/C11H13N3OS/c1-2-9-3-4-10(16-9)8-5-13-14(6-8)7-11(12)15/h3-6H,2,7H2,1H3,(H2,12,15). The smallest absolute Gasteiger partial charge is 0.239 e. The number of hydrogen-bond donors (Lipinski definition) is 1. The lowest BCUT2D eigenvalue weighted by molar-refractivity contribution is -0.118. The molecule has 1 amide bonds. The summed E-state index contributed by atoms with van der Waals surface area (Å²) in [6.45, 7) is 2.26. The number of carbonyl (C=O) groups is 1. The molecule has 16 heavy (non-hydrogen) atoms. The Morgan fingerprint density at radius 2 is 2.38 bits per heavy atom. The van der Waals surface area contributed by atoms with Crippen LogP contribution < -0.4 is 5.73 Å². The van der Waals surface area contributed by atoms with Crippen molar-refractivity contribution in [3.63, 3.8) is 0 Å². The average molecular weight is 235 g/mol. The topological polar surface area (TPSA) is 60.9 Å². The summed E-state index contributed by atoms with van der Waals surface area (Å²) in [5.74, 6) is -0.380. The van der Waals surface area contributed by atoms with Crippen LogP contribution in [0.1, 0.15) is 11.8 Å². The highest BCUT2D eigenvalue weighted by Gasteiger charge is 2.05. The van der Waals surface area contributed by atoms with E-state index < -0.39 is 0 Å². The molecule has 0 saturated carbocycles. The summed E-state index contributed by atoms with van der Waals surface area (Å²) in [6.07, 6.45) is 4.64. The molecule has 0 aliphatic carbocycles. The largest absolute Gasteiger partial charge is 0.368 e. The molecule has 0 unspecified atom stereocenters. The Balaban J connectivity index is 2.20. The van der Waals surface area contributed by atoms with E-state index in [1.54, 1.807) is 22.2 Å². The number of nitrogens with two attached hydrogens (primary N) is 1. The van der Waals surface area contributed by atoms with Gasteiger partial charge in [0.25, 0.3) is 0 Å². The van der Waals surface area contributed by atoms with E-state index in [1.165, 1.54) is 9.75 Å². The molecule has 0 bridgehead atoms. The number of thiophene rings is 1. The number of rotatable bonds is 4. The van der Waals surface area contributed by atoms with E-state index >= 15 is 0 Å². The number of primary amides is 1. The third kappa shape index (κ3) is 2.30. The van der Waals surface area contributed by atoms with Gasteiger partial charge in [0.15, 0.2) is 0 Å². The van der Waals surface area contributed by atoms with Crippen molar-refractivity contribution in [3.05, 3.63) is 29.4 Å². The first-order chi connectivity index (χ1) is 7.69. The lowest BCUT2D eigenvalue weighted by Gasteiger charge is -1.94. The first kappa shape index (κ1) is 10.9. The quantitative estimate of drug-likeness (QED) is 0.876. The first-order valence-corrected chi connectivity index (χ1v) is 5.90. The van der Waals surface area contributed by atoms with Crippen molar-refractivity contribution < 1.29 is 4.79 Å². The van der Waals surface area contributed by atoms with Crippen molar-refractivity contribution in [2.24, 2.45) is 5.73 Å². The van der Waals surface area contributed by atoms with Crippen LogP contribution in [0.3, 0.4) is 0 Å². The van der Waals surface area contributed by atoms with Gasteiger partial charge in [0.1, 0.15) is 6.54 Å². The maximum Gasteiger partial charge on any atom is 0.239 e. The highest BCUT2D eigenvalue weighted by atomic mass is 32.1.